The first-order chi connectivity index (χ1) is 15.9. The Hall–Kier alpha value is -3.58. The number of ether oxygens (including phenoxy) is 2. The second-order valence-electron chi connectivity index (χ2n) is 8.11. The molecule has 2 aromatic carbocycles. The predicted octanol–water partition coefficient (Wildman–Crippen LogP) is 5.42. The number of Topliss-reactive ketones (excluding diaryl/α,β-unsaturated/α-hetero) is 1. The SMILES string of the molecule is COc1ccc(N2C(=O)C(=O)/C(=C(\O)c3ccc(OCC(C)C)cc3)C2c2cccs2)cc1. The van der Waals surface area contributed by atoms with E-state index in [0.29, 0.717) is 35.3 Å². The van der Waals surface area contributed by atoms with Gasteiger partial charge in [0.05, 0.1) is 19.3 Å². The number of carbonyl (C=O) groups is 2. The van der Waals surface area contributed by atoms with Crippen molar-refractivity contribution < 1.29 is 24.2 Å². The zero-order chi connectivity index (χ0) is 23.5. The summed E-state index contributed by atoms with van der Waals surface area (Å²) in [6, 6.07) is 16.8. The molecule has 7 heteroatoms. The molecule has 0 bridgehead atoms. The van der Waals surface area contributed by atoms with Gasteiger partial charge in [-0.2, -0.15) is 0 Å². The molecule has 0 radical (unpaired) electrons. The van der Waals surface area contributed by atoms with Crippen molar-refractivity contribution >= 4 is 34.5 Å². The van der Waals surface area contributed by atoms with Crippen LogP contribution in [0.2, 0.25) is 0 Å². The van der Waals surface area contributed by atoms with Crippen LogP contribution in [0.4, 0.5) is 5.69 Å². The lowest BCUT2D eigenvalue weighted by Gasteiger charge is -2.24. The molecule has 3 aromatic rings. The van der Waals surface area contributed by atoms with E-state index in [1.54, 1.807) is 55.6 Å². The smallest absolute Gasteiger partial charge is 0.300 e. The highest BCUT2D eigenvalue weighted by atomic mass is 32.1. The van der Waals surface area contributed by atoms with E-state index in [1.807, 2.05) is 17.5 Å². The Bertz CT molecular complexity index is 1160. The fourth-order valence-electron chi connectivity index (χ4n) is 3.69. The summed E-state index contributed by atoms with van der Waals surface area (Å²) >= 11 is 1.42. The van der Waals surface area contributed by atoms with Crippen molar-refractivity contribution in [2.24, 2.45) is 5.92 Å². The van der Waals surface area contributed by atoms with Gasteiger partial charge >= 0.3 is 0 Å². The molecule has 0 saturated carbocycles. The molecular formula is C26H25NO5S. The first kappa shape index (κ1) is 22.6. The molecule has 1 atom stereocenters. The van der Waals surface area contributed by atoms with Crippen LogP contribution in [0.25, 0.3) is 5.76 Å². The van der Waals surface area contributed by atoms with Gasteiger partial charge in [-0.15, -0.1) is 11.3 Å². The number of nitrogens with zero attached hydrogens (tertiary/aromatic N) is 1. The van der Waals surface area contributed by atoms with Crippen molar-refractivity contribution in [2.75, 3.05) is 18.6 Å². The zero-order valence-electron chi connectivity index (χ0n) is 18.6. The highest BCUT2D eigenvalue weighted by Gasteiger charge is 2.47. The fourth-order valence-corrected chi connectivity index (χ4v) is 4.51. The van der Waals surface area contributed by atoms with Crippen LogP contribution in [-0.2, 0) is 9.59 Å². The topological polar surface area (TPSA) is 76.1 Å². The number of aliphatic hydroxyl groups is 1. The first-order valence-electron chi connectivity index (χ1n) is 10.6. The summed E-state index contributed by atoms with van der Waals surface area (Å²) in [6.45, 7) is 4.70. The second-order valence-corrected chi connectivity index (χ2v) is 9.09. The molecule has 1 aliphatic rings. The lowest BCUT2D eigenvalue weighted by atomic mass is 9.99. The maximum Gasteiger partial charge on any atom is 0.300 e. The Balaban J connectivity index is 1.76. The molecule has 170 valence electrons. The Morgan fingerprint density at radius 1 is 1.03 bits per heavy atom. The maximum absolute atomic E-state index is 13.1. The number of rotatable bonds is 7. The van der Waals surface area contributed by atoms with Crippen molar-refractivity contribution in [1.29, 1.82) is 0 Å². The molecule has 1 unspecified atom stereocenters. The van der Waals surface area contributed by atoms with Crippen molar-refractivity contribution in [2.45, 2.75) is 19.9 Å². The summed E-state index contributed by atoms with van der Waals surface area (Å²) in [5.74, 6) is 0.0892. The van der Waals surface area contributed by atoms with Crippen LogP contribution in [0.5, 0.6) is 11.5 Å². The standard InChI is InChI=1S/C26H25NO5S/c1-16(2)15-32-20-10-6-17(7-11-20)24(28)22-23(21-5-4-14-33-21)27(26(30)25(22)29)18-8-12-19(31-3)13-9-18/h4-14,16,23,28H,15H2,1-3H3/b24-22-. The average molecular weight is 464 g/mol. The largest absolute Gasteiger partial charge is 0.507 e. The van der Waals surface area contributed by atoms with Gasteiger partial charge in [0.25, 0.3) is 11.7 Å². The Labute approximate surface area is 196 Å². The van der Waals surface area contributed by atoms with Gasteiger partial charge in [-0.05, 0) is 65.9 Å². The third-order valence-corrected chi connectivity index (χ3v) is 6.24. The van der Waals surface area contributed by atoms with Crippen LogP contribution in [0.15, 0.2) is 71.6 Å². The molecule has 33 heavy (non-hydrogen) atoms. The number of hydrogen-bond donors (Lipinski definition) is 1. The van der Waals surface area contributed by atoms with Gasteiger partial charge in [0, 0.05) is 16.1 Å². The molecule has 0 spiro atoms. The van der Waals surface area contributed by atoms with Gasteiger partial charge in [-0.1, -0.05) is 19.9 Å². The maximum atomic E-state index is 13.1. The van der Waals surface area contributed by atoms with Crippen LogP contribution >= 0.6 is 11.3 Å². The summed E-state index contributed by atoms with van der Waals surface area (Å²) in [5, 5.41) is 13.0. The minimum absolute atomic E-state index is 0.0640. The lowest BCUT2D eigenvalue weighted by molar-refractivity contribution is -0.132. The minimum atomic E-state index is -0.727. The molecule has 1 aliphatic heterocycles. The lowest BCUT2D eigenvalue weighted by Crippen LogP contribution is -2.29. The fraction of sp³-hybridized carbons (Fsp3) is 0.231. The predicted molar refractivity (Wildman–Crippen MR) is 129 cm³/mol. The number of amides is 1. The number of aliphatic hydroxyl groups excluding tert-OH is 1. The number of thiophene rings is 1. The van der Waals surface area contributed by atoms with Crippen LogP contribution in [0.1, 0.15) is 30.3 Å². The van der Waals surface area contributed by atoms with E-state index in [-0.39, 0.29) is 11.3 Å². The highest BCUT2D eigenvalue weighted by Crippen LogP contribution is 2.43. The van der Waals surface area contributed by atoms with E-state index in [1.165, 1.54) is 16.2 Å². The van der Waals surface area contributed by atoms with E-state index in [9.17, 15) is 14.7 Å². The molecule has 0 aliphatic carbocycles. The third-order valence-electron chi connectivity index (χ3n) is 5.32. The van der Waals surface area contributed by atoms with E-state index in [4.69, 9.17) is 9.47 Å². The van der Waals surface area contributed by atoms with Crippen LogP contribution < -0.4 is 14.4 Å². The van der Waals surface area contributed by atoms with Crippen molar-refractivity contribution in [3.63, 3.8) is 0 Å². The van der Waals surface area contributed by atoms with Crippen LogP contribution in [0, 0.1) is 5.92 Å². The monoisotopic (exact) mass is 463 g/mol. The molecule has 1 N–H and O–H groups in total. The van der Waals surface area contributed by atoms with E-state index in [2.05, 4.69) is 13.8 Å². The first-order valence-corrected chi connectivity index (χ1v) is 11.5. The quantitative estimate of drug-likeness (QED) is 0.288. The van der Waals surface area contributed by atoms with Gasteiger partial charge in [0.1, 0.15) is 23.3 Å². The van der Waals surface area contributed by atoms with Gasteiger partial charge in [0.15, 0.2) is 0 Å². The van der Waals surface area contributed by atoms with Crippen molar-refractivity contribution in [3.8, 4) is 11.5 Å². The van der Waals surface area contributed by atoms with Gasteiger partial charge < -0.3 is 14.6 Å². The molecular weight excluding hydrogens is 438 g/mol. The average Bonchev–Trinajstić information content (AvgIpc) is 3.44. The minimum Gasteiger partial charge on any atom is -0.507 e. The number of benzene rings is 2. The normalized spacial score (nSPS) is 17.6. The van der Waals surface area contributed by atoms with Crippen LogP contribution in [0.3, 0.4) is 0 Å². The van der Waals surface area contributed by atoms with Gasteiger partial charge in [-0.3, -0.25) is 14.5 Å². The Morgan fingerprint density at radius 3 is 2.27 bits per heavy atom. The van der Waals surface area contributed by atoms with Gasteiger partial charge in [-0.25, -0.2) is 0 Å². The number of hydrogen-bond acceptors (Lipinski definition) is 6. The summed E-state index contributed by atoms with van der Waals surface area (Å²) in [7, 11) is 1.56. The molecule has 2 heterocycles. The summed E-state index contributed by atoms with van der Waals surface area (Å²) in [6.07, 6.45) is 0. The molecule has 1 saturated heterocycles. The zero-order valence-corrected chi connectivity index (χ0v) is 19.5. The van der Waals surface area contributed by atoms with Crippen LogP contribution in [-0.4, -0.2) is 30.5 Å². The number of anilines is 1. The van der Waals surface area contributed by atoms with Crippen molar-refractivity contribution in [3.05, 3.63) is 82.1 Å². The van der Waals surface area contributed by atoms with E-state index >= 15 is 0 Å². The summed E-state index contributed by atoms with van der Waals surface area (Å²) in [5.41, 5.74) is 1.06. The molecule has 1 aromatic heterocycles. The molecule has 1 fully saturated rings. The number of methoxy groups -OCH3 is 1. The Morgan fingerprint density at radius 2 is 1.70 bits per heavy atom. The van der Waals surface area contributed by atoms with E-state index in [0.717, 1.165) is 4.88 Å². The van der Waals surface area contributed by atoms with E-state index < -0.39 is 17.7 Å². The van der Waals surface area contributed by atoms with Crippen molar-refractivity contribution in [1.82, 2.24) is 0 Å². The Kier molecular flexibility index (Phi) is 6.51. The van der Waals surface area contributed by atoms with Gasteiger partial charge in [0.2, 0.25) is 0 Å². The number of ketones is 1. The molecule has 4 rings (SSSR count). The second kappa shape index (κ2) is 9.50. The number of carbonyl (C=O) groups excluding carboxylic acids is 2. The highest BCUT2D eigenvalue weighted by molar-refractivity contribution is 7.10. The molecule has 1 amide bonds. The summed E-state index contributed by atoms with van der Waals surface area (Å²) < 4.78 is 10.9. The summed E-state index contributed by atoms with van der Waals surface area (Å²) in [4.78, 5) is 28.4. The third kappa shape index (κ3) is 4.50. The molecule has 6 nitrogen and oxygen atoms in total.